The van der Waals surface area contributed by atoms with Crippen molar-refractivity contribution in [3.05, 3.63) is 0 Å². The lowest BCUT2D eigenvalue weighted by molar-refractivity contribution is -0.131. The molecule has 1 aliphatic heterocycles. The van der Waals surface area contributed by atoms with Crippen LogP contribution >= 0.6 is 12.6 Å². The summed E-state index contributed by atoms with van der Waals surface area (Å²) in [4.78, 5) is 13.6. The van der Waals surface area contributed by atoms with Gasteiger partial charge in [-0.3, -0.25) is 4.79 Å². The van der Waals surface area contributed by atoms with Gasteiger partial charge in [-0.1, -0.05) is 19.8 Å². The highest BCUT2D eigenvalue weighted by Gasteiger charge is 2.23. The number of rotatable bonds is 3. The monoisotopic (exact) mass is 215 g/mol. The fourth-order valence-corrected chi connectivity index (χ4v) is 2.28. The number of amides is 1. The van der Waals surface area contributed by atoms with Crippen LogP contribution < -0.4 is 0 Å². The molecule has 1 aliphatic rings. The third-order valence-corrected chi connectivity index (χ3v) is 3.20. The molecule has 3 heteroatoms. The number of nitrogens with zero attached hydrogens (tertiary/aromatic N) is 1. The smallest absolute Gasteiger partial charge is 0.235 e. The van der Waals surface area contributed by atoms with Crippen LogP contribution in [0.4, 0.5) is 0 Å². The maximum Gasteiger partial charge on any atom is 0.235 e. The summed E-state index contributed by atoms with van der Waals surface area (Å²) in [6.45, 7) is 5.96. The Labute approximate surface area is 92.5 Å². The van der Waals surface area contributed by atoms with Crippen molar-refractivity contribution in [2.75, 3.05) is 13.1 Å². The van der Waals surface area contributed by atoms with Gasteiger partial charge in [0.25, 0.3) is 0 Å². The minimum Gasteiger partial charge on any atom is -0.342 e. The molecule has 1 unspecified atom stereocenters. The molecule has 0 spiro atoms. The second-order valence-electron chi connectivity index (χ2n) is 4.23. The summed E-state index contributed by atoms with van der Waals surface area (Å²) in [6, 6.07) is 0. The van der Waals surface area contributed by atoms with E-state index in [0.29, 0.717) is 0 Å². The van der Waals surface area contributed by atoms with Crippen molar-refractivity contribution in [1.82, 2.24) is 4.90 Å². The first-order valence-electron chi connectivity index (χ1n) is 5.62. The van der Waals surface area contributed by atoms with Crippen molar-refractivity contribution in [2.24, 2.45) is 5.92 Å². The van der Waals surface area contributed by atoms with Crippen molar-refractivity contribution in [3.63, 3.8) is 0 Å². The molecule has 1 heterocycles. The second-order valence-corrected chi connectivity index (χ2v) is 5.01. The van der Waals surface area contributed by atoms with Crippen molar-refractivity contribution in [2.45, 2.75) is 44.8 Å². The van der Waals surface area contributed by atoms with Crippen LogP contribution in [0.1, 0.15) is 39.5 Å². The molecule has 1 rings (SSSR count). The largest absolute Gasteiger partial charge is 0.342 e. The van der Waals surface area contributed by atoms with Crippen LogP contribution in [0.2, 0.25) is 0 Å². The van der Waals surface area contributed by atoms with Crippen molar-refractivity contribution in [3.8, 4) is 0 Å². The summed E-state index contributed by atoms with van der Waals surface area (Å²) in [5, 5.41) is -0.141. The third kappa shape index (κ3) is 3.19. The van der Waals surface area contributed by atoms with Gasteiger partial charge in [-0.05, 0) is 25.7 Å². The van der Waals surface area contributed by atoms with Crippen LogP contribution in [0.3, 0.4) is 0 Å². The van der Waals surface area contributed by atoms with Crippen molar-refractivity contribution in [1.29, 1.82) is 0 Å². The molecule has 2 nitrogen and oxygen atoms in total. The Morgan fingerprint density at radius 3 is 2.50 bits per heavy atom. The summed E-state index contributed by atoms with van der Waals surface area (Å²) in [5.74, 6) is 1.04. The van der Waals surface area contributed by atoms with E-state index in [1.807, 2.05) is 11.8 Å². The Morgan fingerprint density at radius 2 is 2.07 bits per heavy atom. The van der Waals surface area contributed by atoms with Crippen LogP contribution in [0.25, 0.3) is 0 Å². The van der Waals surface area contributed by atoms with Gasteiger partial charge in [0, 0.05) is 13.1 Å². The normalized spacial score (nSPS) is 20.9. The first-order valence-corrected chi connectivity index (χ1v) is 6.13. The molecule has 0 aromatic heterocycles. The average molecular weight is 215 g/mol. The molecule has 0 aromatic rings. The zero-order valence-corrected chi connectivity index (χ0v) is 10.1. The van der Waals surface area contributed by atoms with Gasteiger partial charge < -0.3 is 4.90 Å². The lowest BCUT2D eigenvalue weighted by Crippen LogP contribution is -2.41. The van der Waals surface area contributed by atoms with Gasteiger partial charge in [0.15, 0.2) is 0 Å². The van der Waals surface area contributed by atoms with E-state index in [4.69, 9.17) is 0 Å². The number of likely N-dealkylation sites (tertiary alicyclic amines) is 1. The predicted molar refractivity (Wildman–Crippen MR) is 62.7 cm³/mol. The van der Waals surface area contributed by atoms with E-state index >= 15 is 0 Å². The van der Waals surface area contributed by atoms with Gasteiger partial charge >= 0.3 is 0 Å². The van der Waals surface area contributed by atoms with E-state index in [2.05, 4.69) is 19.6 Å². The summed E-state index contributed by atoms with van der Waals surface area (Å²) in [5.41, 5.74) is 0. The SMILES string of the molecule is CCCC1CCN(C(=O)C(C)S)CC1. The maximum atomic E-state index is 11.6. The maximum absolute atomic E-state index is 11.6. The van der Waals surface area contributed by atoms with Crippen LogP contribution in [0, 0.1) is 5.92 Å². The van der Waals surface area contributed by atoms with Crippen molar-refractivity contribution >= 4 is 18.5 Å². The number of hydrogen-bond donors (Lipinski definition) is 1. The van der Waals surface area contributed by atoms with Gasteiger partial charge in [-0.25, -0.2) is 0 Å². The summed E-state index contributed by atoms with van der Waals surface area (Å²) in [6.07, 6.45) is 4.94. The Kier molecular flexibility index (Phi) is 4.79. The van der Waals surface area contributed by atoms with E-state index in [9.17, 15) is 4.79 Å². The molecule has 1 saturated heterocycles. The molecule has 0 bridgehead atoms. The molecule has 0 radical (unpaired) electrons. The molecule has 0 aromatic carbocycles. The number of carbonyl (C=O) groups is 1. The molecule has 0 saturated carbocycles. The van der Waals surface area contributed by atoms with Crippen LogP contribution in [0.5, 0.6) is 0 Å². The van der Waals surface area contributed by atoms with Crippen LogP contribution in [0.15, 0.2) is 0 Å². The summed E-state index contributed by atoms with van der Waals surface area (Å²) < 4.78 is 0. The van der Waals surface area contributed by atoms with E-state index < -0.39 is 0 Å². The number of thiol groups is 1. The minimum absolute atomic E-state index is 0.141. The van der Waals surface area contributed by atoms with Crippen LogP contribution in [-0.4, -0.2) is 29.1 Å². The molecule has 14 heavy (non-hydrogen) atoms. The molecule has 1 amide bonds. The van der Waals surface area contributed by atoms with E-state index in [1.165, 1.54) is 25.7 Å². The molecule has 82 valence electrons. The Hall–Kier alpha value is -0.180. The van der Waals surface area contributed by atoms with E-state index in [1.54, 1.807) is 0 Å². The van der Waals surface area contributed by atoms with E-state index in [0.717, 1.165) is 19.0 Å². The zero-order valence-electron chi connectivity index (χ0n) is 9.20. The predicted octanol–water partition coefficient (Wildman–Crippen LogP) is 2.34. The molecular weight excluding hydrogens is 194 g/mol. The molecular formula is C11H21NOS. The third-order valence-electron chi connectivity index (χ3n) is 2.98. The number of piperidine rings is 1. The molecule has 0 N–H and O–H groups in total. The van der Waals surface area contributed by atoms with E-state index in [-0.39, 0.29) is 11.2 Å². The Bertz CT molecular complexity index is 186. The zero-order chi connectivity index (χ0) is 10.6. The Balaban J connectivity index is 2.32. The topological polar surface area (TPSA) is 20.3 Å². The lowest BCUT2D eigenvalue weighted by Gasteiger charge is -2.32. The highest BCUT2D eigenvalue weighted by atomic mass is 32.1. The fraction of sp³-hybridized carbons (Fsp3) is 0.909. The molecule has 1 atom stereocenters. The molecule has 0 aliphatic carbocycles. The number of hydrogen-bond acceptors (Lipinski definition) is 2. The number of carbonyl (C=O) groups excluding carboxylic acids is 1. The van der Waals surface area contributed by atoms with Gasteiger partial charge in [0.05, 0.1) is 5.25 Å². The van der Waals surface area contributed by atoms with Gasteiger partial charge in [-0.15, -0.1) is 0 Å². The van der Waals surface area contributed by atoms with Crippen molar-refractivity contribution < 1.29 is 4.79 Å². The quantitative estimate of drug-likeness (QED) is 0.717. The standard InChI is InChI=1S/C11H21NOS/c1-3-4-10-5-7-12(8-6-10)11(13)9(2)14/h9-10,14H,3-8H2,1-2H3. The van der Waals surface area contributed by atoms with Gasteiger partial charge in [-0.2, -0.15) is 12.6 Å². The molecule has 1 fully saturated rings. The highest BCUT2D eigenvalue weighted by molar-refractivity contribution is 7.81. The van der Waals surface area contributed by atoms with Gasteiger partial charge in [0.2, 0.25) is 5.91 Å². The first-order chi connectivity index (χ1) is 6.65. The first kappa shape index (κ1) is 11.9. The lowest BCUT2D eigenvalue weighted by atomic mass is 9.92. The minimum atomic E-state index is -0.141. The van der Waals surface area contributed by atoms with Gasteiger partial charge in [0.1, 0.15) is 0 Å². The summed E-state index contributed by atoms with van der Waals surface area (Å²) >= 11 is 4.18. The highest BCUT2D eigenvalue weighted by Crippen LogP contribution is 2.22. The van der Waals surface area contributed by atoms with Crippen LogP contribution in [-0.2, 0) is 4.79 Å². The second kappa shape index (κ2) is 5.64. The Morgan fingerprint density at radius 1 is 1.50 bits per heavy atom. The average Bonchev–Trinajstić information content (AvgIpc) is 2.18. The fourth-order valence-electron chi connectivity index (χ4n) is 2.11. The summed E-state index contributed by atoms with van der Waals surface area (Å²) in [7, 11) is 0.